The van der Waals surface area contributed by atoms with Gasteiger partial charge in [0.2, 0.25) is 0 Å². The summed E-state index contributed by atoms with van der Waals surface area (Å²) >= 11 is 0. The summed E-state index contributed by atoms with van der Waals surface area (Å²) in [5.74, 6) is 1.87. The summed E-state index contributed by atoms with van der Waals surface area (Å²) in [6.07, 6.45) is 3.88. The van der Waals surface area contributed by atoms with Crippen molar-refractivity contribution in [1.82, 2.24) is 4.90 Å². The Kier molecular flexibility index (Phi) is 5.53. The fraction of sp³-hybridized carbons (Fsp3) is 0.647. The topological polar surface area (TPSA) is 38.5 Å². The van der Waals surface area contributed by atoms with Gasteiger partial charge in [-0.2, -0.15) is 0 Å². The summed E-state index contributed by atoms with van der Waals surface area (Å²) in [4.78, 5) is 2.51. The monoisotopic (exact) mass is 310 g/mol. The van der Waals surface area contributed by atoms with Crippen molar-refractivity contribution in [3.63, 3.8) is 0 Å². The van der Waals surface area contributed by atoms with Crippen molar-refractivity contribution in [2.45, 2.75) is 32.7 Å². The van der Waals surface area contributed by atoms with Crippen LogP contribution in [-0.2, 0) is 6.54 Å². The third-order valence-electron chi connectivity index (χ3n) is 4.67. The Morgan fingerprint density at radius 2 is 2.10 bits per heavy atom. The maximum Gasteiger partial charge on any atom is 0.123 e. The first kappa shape index (κ1) is 16.6. The van der Waals surface area contributed by atoms with E-state index in [0.717, 1.165) is 44.5 Å². The smallest absolute Gasteiger partial charge is 0.123 e. The molecule has 21 heavy (non-hydrogen) atoms. The summed E-state index contributed by atoms with van der Waals surface area (Å²) in [6.45, 7) is 7.19. The van der Waals surface area contributed by atoms with Crippen LogP contribution in [0.3, 0.4) is 0 Å². The molecule has 0 radical (unpaired) electrons. The molecule has 1 aliphatic heterocycles. The maximum absolute atomic E-state index is 6.00. The SMILES string of the molecule is CC1(CN)CCN(Cc2ccccc2OCC2CC2)C1.Cl. The van der Waals surface area contributed by atoms with Crippen LogP contribution < -0.4 is 10.5 Å². The van der Waals surface area contributed by atoms with Gasteiger partial charge < -0.3 is 10.5 Å². The number of halogens is 1. The Morgan fingerprint density at radius 3 is 2.76 bits per heavy atom. The number of benzene rings is 1. The lowest BCUT2D eigenvalue weighted by atomic mass is 9.90. The van der Waals surface area contributed by atoms with Gasteiger partial charge in [-0.1, -0.05) is 25.1 Å². The van der Waals surface area contributed by atoms with Crippen LogP contribution in [0, 0.1) is 11.3 Å². The largest absolute Gasteiger partial charge is 0.493 e. The number of ether oxygens (including phenoxy) is 1. The van der Waals surface area contributed by atoms with E-state index in [2.05, 4.69) is 36.1 Å². The lowest BCUT2D eigenvalue weighted by Crippen LogP contribution is -2.31. The first-order chi connectivity index (χ1) is 9.68. The van der Waals surface area contributed by atoms with Gasteiger partial charge in [0, 0.05) is 18.7 Å². The highest BCUT2D eigenvalue weighted by Gasteiger charge is 2.32. The summed E-state index contributed by atoms with van der Waals surface area (Å²) in [5.41, 5.74) is 7.50. The van der Waals surface area contributed by atoms with Gasteiger partial charge in [-0.25, -0.2) is 0 Å². The molecule has 1 heterocycles. The lowest BCUT2D eigenvalue weighted by molar-refractivity contribution is 0.261. The van der Waals surface area contributed by atoms with Crippen LogP contribution in [-0.4, -0.2) is 31.1 Å². The molecular weight excluding hydrogens is 284 g/mol. The molecule has 3 rings (SSSR count). The molecule has 1 saturated heterocycles. The fourth-order valence-electron chi connectivity index (χ4n) is 2.94. The van der Waals surface area contributed by atoms with E-state index in [1.54, 1.807) is 0 Å². The molecule has 4 heteroatoms. The zero-order chi connectivity index (χ0) is 14.0. The number of hydrogen-bond acceptors (Lipinski definition) is 3. The molecule has 0 aromatic heterocycles. The number of rotatable bonds is 6. The summed E-state index contributed by atoms with van der Waals surface area (Å²) in [6, 6.07) is 8.48. The zero-order valence-corrected chi connectivity index (χ0v) is 13.7. The molecule has 118 valence electrons. The van der Waals surface area contributed by atoms with E-state index < -0.39 is 0 Å². The molecule has 0 spiro atoms. The van der Waals surface area contributed by atoms with Crippen LogP contribution in [0.4, 0.5) is 0 Å². The van der Waals surface area contributed by atoms with Gasteiger partial charge >= 0.3 is 0 Å². The zero-order valence-electron chi connectivity index (χ0n) is 12.9. The minimum atomic E-state index is 0. The van der Waals surface area contributed by atoms with E-state index in [9.17, 15) is 0 Å². The first-order valence-corrected chi connectivity index (χ1v) is 7.82. The Hall–Kier alpha value is -0.770. The van der Waals surface area contributed by atoms with Gasteiger partial charge in [0.05, 0.1) is 6.61 Å². The van der Waals surface area contributed by atoms with E-state index in [1.807, 2.05) is 0 Å². The highest BCUT2D eigenvalue weighted by Crippen LogP contribution is 2.32. The molecule has 1 atom stereocenters. The Morgan fingerprint density at radius 1 is 1.33 bits per heavy atom. The second kappa shape index (κ2) is 6.99. The van der Waals surface area contributed by atoms with Gasteiger partial charge in [0.15, 0.2) is 0 Å². The highest BCUT2D eigenvalue weighted by atomic mass is 35.5. The van der Waals surface area contributed by atoms with Gasteiger partial charge in [-0.3, -0.25) is 4.90 Å². The molecule has 2 aliphatic rings. The van der Waals surface area contributed by atoms with Gasteiger partial charge in [-0.05, 0) is 49.8 Å². The summed E-state index contributed by atoms with van der Waals surface area (Å²) < 4.78 is 6.00. The van der Waals surface area contributed by atoms with Gasteiger partial charge in [0.25, 0.3) is 0 Å². The second-order valence-electron chi connectivity index (χ2n) is 6.84. The molecule has 1 saturated carbocycles. The van der Waals surface area contributed by atoms with E-state index in [0.29, 0.717) is 5.41 Å². The minimum Gasteiger partial charge on any atom is -0.493 e. The molecule has 1 aromatic rings. The number of likely N-dealkylation sites (tertiary alicyclic amines) is 1. The van der Waals surface area contributed by atoms with E-state index >= 15 is 0 Å². The quantitative estimate of drug-likeness (QED) is 0.877. The van der Waals surface area contributed by atoms with Crippen molar-refractivity contribution in [2.75, 3.05) is 26.2 Å². The van der Waals surface area contributed by atoms with E-state index in [1.165, 1.54) is 24.8 Å². The predicted molar refractivity (Wildman–Crippen MR) is 89.0 cm³/mol. The van der Waals surface area contributed by atoms with Crippen LogP contribution in [0.1, 0.15) is 31.7 Å². The number of para-hydroxylation sites is 1. The highest BCUT2D eigenvalue weighted by molar-refractivity contribution is 5.85. The van der Waals surface area contributed by atoms with Gasteiger partial charge in [-0.15, -0.1) is 12.4 Å². The van der Waals surface area contributed by atoms with Crippen LogP contribution in [0.15, 0.2) is 24.3 Å². The Balaban J connectivity index is 0.00000161. The lowest BCUT2D eigenvalue weighted by Gasteiger charge is -2.23. The summed E-state index contributed by atoms with van der Waals surface area (Å²) in [5, 5.41) is 0. The number of hydrogen-bond donors (Lipinski definition) is 1. The maximum atomic E-state index is 6.00. The van der Waals surface area contributed by atoms with Gasteiger partial charge in [0.1, 0.15) is 5.75 Å². The normalized spacial score (nSPS) is 25.6. The van der Waals surface area contributed by atoms with Crippen molar-refractivity contribution in [1.29, 1.82) is 0 Å². The van der Waals surface area contributed by atoms with E-state index in [4.69, 9.17) is 10.5 Å². The fourth-order valence-corrected chi connectivity index (χ4v) is 2.94. The van der Waals surface area contributed by atoms with Crippen LogP contribution >= 0.6 is 12.4 Å². The molecule has 1 aliphatic carbocycles. The average molecular weight is 311 g/mol. The molecule has 0 bridgehead atoms. The van der Waals surface area contributed by atoms with Crippen LogP contribution in [0.2, 0.25) is 0 Å². The van der Waals surface area contributed by atoms with E-state index in [-0.39, 0.29) is 12.4 Å². The molecular formula is C17H27ClN2O. The van der Waals surface area contributed by atoms with Crippen molar-refractivity contribution >= 4 is 12.4 Å². The predicted octanol–water partition coefficient (Wildman–Crippen LogP) is 3.07. The number of nitrogens with zero attached hydrogens (tertiary/aromatic N) is 1. The van der Waals surface area contributed by atoms with Crippen LogP contribution in [0.5, 0.6) is 5.75 Å². The Labute approximate surface area is 134 Å². The molecule has 3 nitrogen and oxygen atoms in total. The number of nitrogens with two attached hydrogens (primary N) is 1. The van der Waals surface area contributed by atoms with Crippen LogP contribution in [0.25, 0.3) is 0 Å². The molecule has 2 N–H and O–H groups in total. The third kappa shape index (κ3) is 4.35. The average Bonchev–Trinajstić information content (AvgIpc) is 3.22. The van der Waals surface area contributed by atoms with Crippen molar-refractivity contribution in [3.05, 3.63) is 29.8 Å². The van der Waals surface area contributed by atoms with Crippen molar-refractivity contribution in [3.8, 4) is 5.75 Å². The third-order valence-corrected chi connectivity index (χ3v) is 4.67. The first-order valence-electron chi connectivity index (χ1n) is 7.82. The Bertz CT molecular complexity index is 464. The second-order valence-corrected chi connectivity index (χ2v) is 6.84. The van der Waals surface area contributed by atoms with Crippen molar-refractivity contribution < 1.29 is 4.74 Å². The summed E-state index contributed by atoms with van der Waals surface area (Å²) in [7, 11) is 0. The minimum absolute atomic E-state index is 0. The molecule has 1 aromatic carbocycles. The molecule has 2 fully saturated rings. The molecule has 0 amide bonds. The molecule has 1 unspecified atom stereocenters. The standard InChI is InChI=1S/C17H26N2O.ClH/c1-17(12-18)8-9-19(13-17)10-15-4-2-3-5-16(15)20-11-14-6-7-14;/h2-5,14H,6-13,18H2,1H3;1H. The van der Waals surface area contributed by atoms with Crippen molar-refractivity contribution in [2.24, 2.45) is 17.1 Å².